The van der Waals surface area contributed by atoms with Crippen LogP contribution in [0.15, 0.2) is 57.9 Å². The lowest BCUT2D eigenvalue weighted by Gasteiger charge is -2.07. The number of aldehydes is 1. The molecule has 0 unspecified atom stereocenters. The molecule has 0 radical (unpaired) electrons. The van der Waals surface area contributed by atoms with Gasteiger partial charge < -0.3 is 4.18 Å². The van der Waals surface area contributed by atoms with Crippen molar-refractivity contribution in [2.75, 3.05) is 0 Å². The molecular weight excluding hydrogens is 332 g/mol. The number of rotatable bonds is 4. The fourth-order valence-electron chi connectivity index (χ4n) is 1.42. The standard InChI is InChI=1S/C13H9BrO4S/c14-11-4-6-13(7-5-11)19(16,17)18-12-3-1-2-10(8-12)9-15/h1-9H. The Morgan fingerprint density at radius 3 is 2.37 bits per heavy atom. The monoisotopic (exact) mass is 340 g/mol. The van der Waals surface area contributed by atoms with Gasteiger partial charge in [0.1, 0.15) is 16.9 Å². The Morgan fingerprint density at radius 1 is 1.05 bits per heavy atom. The van der Waals surface area contributed by atoms with Crippen LogP contribution in [0.5, 0.6) is 5.75 Å². The summed E-state index contributed by atoms with van der Waals surface area (Å²) in [7, 11) is -3.89. The fraction of sp³-hybridized carbons (Fsp3) is 0. The van der Waals surface area contributed by atoms with Crippen molar-refractivity contribution in [2.24, 2.45) is 0 Å². The average molecular weight is 341 g/mol. The quantitative estimate of drug-likeness (QED) is 0.634. The highest BCUT2D eigenvalue weighted by Crippen LogP contribution is 2.20. The summed E-state index contributed by atoms with van der Waals surface area (Å²) in [5.41, 5.74) is 0.350. The van der Waals surface area contributed by atoms with Crippen molar-refractivity contribution in [3.8, 4) is 5.75 Å². The van der Waals surface area contributed by atoms with Gasteiger partial charge in [-0.05, 0) is 36.4 Å². The Hall–Kier alpha value is -1.66. The van der Waals surface area contributed by atoms with Gasteiger partial charge in [-0.3, -0.25) is 4.79 Å². The van der Waals surface area contributed by atoms with E-state index in [9.17, 15) is 13.2 Å². The number of hydrogen-bond donors (Lipinski definition) is 0. The molecule has 6 heteroatoms. The second-order valence-corrected chi connectivity index (χ2v) is 6.14. The van der Waals surface area contributed by atoms with Crippen LogP contribution in [0.2, 0.25) is 0 Å². The molecule has 0 bridgehead atoms. The van der Waals surface area contributed by atoms with E-state index in [-0.39, 0.29) is 10.6 Å². The average Bonchev–Trinajstić information content (AvgIpc) is 2.39. The molecule has 2 aromatic carbocycles. The maximum absolute atomic E-state index is 12.0. The Morgan fingerprint density at radius 2 is 1.74 bits per heavy atom. The lowest BCUT2D eigenvalue weighted by molar-refractivity contribution is 0.112. The first-order valence-electron chi connectivity index (χ1n) is 5.26. The van der Waals surface area contributed by atoms with Crippen molar-refractivity contribution in [1.82, 2.24) is 0 Å². The van der Waals surface area contributed by atoms with Crippen molar-refractivity contribution in [3.63, 3.8) is 0 Å². The summed E-state index contributed by atoms with van der Waals surface area (Å²) in [6.45, 7) is 0. The second-order valence-electron chi connectivity index (χ2n) is 3.68. The third kappa shape index (κ3) is 3.42. The molecule has 0 aliphatic carbocycles. The van der Waals surface area contributed by atoms with Crippen molar-refractivity contribution in [3.05, 3.63) is 58.6 Å². The lowest BCUT2D eigenvalue weighted by atomic mass is 10.2. The summed E-state index contributed by atoms with van der Waals surface area (Å²) in [5.74, 6) is 0.104. The molecule has 2 rings (SSSR count). The van der Waals surface area contributed by atoms with Crippen LogP contribution >= 0.6 is 15.9 Å². The molecule has 0 aromatic heterocycles. The third-order valence-corrected chi connectivity index (χ3v) is 4.09. The minimum Gasteiger partial charge on any atom is -0.379 e. The van der Waals surface area contributed by atoms with E-state index < -0.39 is 10.1 Å². The highest BCUT2D eigenvalue weighted by atomic mass is 79.9. The van der Waals surface area contributed by atoms with Gasteiger partial charge in [0.15, 0.2) is 0 Å². The highest BCUT2D eigenvalue weighted by Gasteiger charge is 2.16. The largest absolute Gasteiger partial charge is 0.379 e. The molecule has 0 N–H and O–H groups in total. The predicted molar refractivity (Wildman–Crippen MR) is 73.8 cm³/mol. The second kappa shape index (κ2) is 5.54. The van der Waals surface area contributed by atoms with Gasteiger partial charge >= 0.3 is 10.1 Å². The topological polar surface area (TPSA) is 60.4 Å². The number of carbonyl (C=O) groups excluding carboxylic acids is 1. The summed E-state index contributed by atoms with van der Waals surface area (Å²) >= 11 is 3.22. The van der Waals surface area contributed by atoms with E-state index in [4.69, 9.17) is 4.18 Å². The molecular formula is C13H9BrO4S. The number of benzene rings is 2. The molecule has 0 saturated carbocycles. The summed E-state index contributed by atoms with van der Waals surface area (Å²) in [5, 5.41) is 0. The fourth-order valence-corrected chi connectivity index (χ4v) is 2.60. The summed E-state index contributed by atoms with van der Waals surface area (Å²) < 4.78 is 29.7. The van der Waals surface area contributed by atoms with Crippen LogP contribution in [0.3, 0.4) is 0 Å². The molecule has 2 aromatic rings. The smallest absolute Gasteiger partial charge is 0.339 e. The van der Waals surface area contributed by atoms with Crippen molar-refractivity contribution >= 4 is 32.3 Å². The van der Waals surface area contributed by atoms with Gasteiger partial charge in [0.25, 0.3) is 0 Å². The molecule has 0 amide bonds. The van der Waals surface area contributed by atoms with E-state index in [0.29, 0.717) is 11.8 Å². The zero-order valence-electron chi connectivity index (χ0n) is 9.62. The molecule has 98 valence electrons. The zero-order valence-corrected chi connectivity index (χ0v) is 12.0. The first kappa shape index (κ1) is 13.8. The number of hydrogen-bond acceptors (Lipinski definition) is 4. The minimum atomic E-state index is -3.89. The van der Waals surface area contributed by atoms with Gasteiger partial charge in [-0.25, -0.2) is 0 Å². The van der Waals surface area contributed by atoms with E-state index in [1.54, 1.807) is 24.3 Å². The molecule has 0 aliphatic heterocycles. The van der Waals surface area contributed by atoms with E-state index in [2.05, 4.69) is 15.9 Å². The van der Waals surface area contributed by atoms with Crippen LogP contribution < -0.4 is 4.18 Å². The molecule has 0 saturated heterocycles. The summed E-state index contributed by atoms with van der Waals surface area (Å²) in [6.07, 6.45) is 0.624. The van der Waals surface area contributed by atoms with Gasteiger partial charge in [-0.1, -0.05) is 28.1 Å². The maximum atomic E-state index is 12.0. The van der Waals surface area contributed by atoms with Crippen LogP contribution in [-0.2, 0) is 10.1 Å². The van der Waals surface area contributed by atoms with E-state index in [0.717, 1.165) is 4.47 Å². The SMILES string of the molecule is O=Cc1cccc(OS(=O)(=O)c2ccc(Br)cc2)c1. The number of halogens is 1. The van der Waals surface area contributed by atoms with Gasteiger partial charge in [0.05, 0.1) is 0 Å². The Balaban J connectivity index is 2.30. The molecule has 19 heavy (non-hydrogen) atoms. The normalized spacial score (nSPS) is 11.0. The molecule has 0 fully saturated rings. The molecule has 0 spiro atoms. The summed E-state index contributed by atoms with van der Waals surface area (Å²) in [4.78, 5) is 10.7. The van der Waals surface area contributed by atoms with Crippen molar-refractivity contribution < 1.29 is 17.4 Å². The first-order chi connectivity index (χ1) is 9.01. The third-order valence-electron chi connectivity index (χ3n) is 2.30. The van der Waals surface area contributed by atoms with Crippen molar-refractivity contribution in [1.29, 1.82) is 0 Å². The predicted octanol–water partition coefficient (Wildman–Crippen LogP) is 3.03. The lowest BCUT2D eigenvalue weighted by Crippen LogP contribution is -2.09. The van der Waals surface area contributed by atoms with Crippen LogP contribution in [0.4, 0.5) is 0 Å². The minimum absolute atomic E-state index is 0.0483. The van der Waals surface area contributed by atoms with E-state index >= 15 is 0 Å². The molecule has 0 atom stereocenters. The van der Waals surface area contributed by atoms with E-state index in [1.165, 1.54) is 24.3 Å². The Labute approximate surface area is 119 Å². The summed E-state index contributed by atoms with van der Waals surface area (Å²) in [6, 6.07) is 12.0. The molecule has 0 heterocycles. The van der Waals surface area contributed by atoms with Gasteiger partial charge in [0.2, 0.25) is 0 Å². The molecule has 4 nitrogen and oxygen atoms in total. The first-order valence-corrected chi connectivity index (χ1v) is 7.47. The van der Waals surface area contributed by atoms with Gasteiger partial charge in [-0.15, -0.1) is 0 Å². The van der Waals surface area contributed by atoms with Gasteiger partial charge in [0, 0.05) is 10.0 Å². The van der Waals surface area contributed by atoms with E-state index in [1.807, 2.05) is 0 Å². The van der Waals surface area contributed by atoms with Gasteiger partial charge in [-0.2, -0.15) is 8.42 Å². The maximum Gasteiger partial charge on any atom is 0.339 e. The Kier molecular flexibility index (Phi) is 4.01. The number of carbonyl (C=O) groups is 1. The molecule has 0 aliphatic rings. The van der Waals surface area contributed by atoms with Crippen LogP contribution in [-0.4, -0.2) is 14.7 Å². The van der Waals surface area contributed by atoms with Crippen LogP contribution in [0, 0.1) is 0 Å². The zero-order chi connectivity index (χ0) is 13.9. The highest BCUT2D eigenvalue weighted by molar-refractivity contribution is 9.10. The Bertz CT molecular complexity index is 693. The van der Waals surface area contributed by atoms with Crippen molar-refractivity contribution in [2.45, 2.75) is 4.90 Å². The van der Waals surface area contributed by atoms with Crippen LogP contribution in [0.1, 0.15) is 10.4 Å². The van der Waals surface area contributed by atoms with Crippen LogP contribution in [0.25, 0.3) is 0 Å².